The van der Waals surface area contributed by atoms with Crippen molar-refractivity contribution in [3.8, 4) is 17.2 Å². The molecule has 0 N–H and O–H groups in total. The van der Waals surface area contributed by atoms with Gasteiger partial charge in [0.05, 0.1) is 6.04 Å². The van der Waals surface area contributed by atoms with Gasteiger partial charge in [0, 0.05) is 18.2 Å². The molecule has 3 aliphatic rings. The van der Waals surface area contributed by atoms with E-state index in [-0.39, 0.29) is 24.1 Å². The lowest BCUT2D eigenvalue weighted by atomic mass is 9.83. The fraction of sp³-hybridized carbons (Fsp3) is 0.276. The Bertz CT molecular complexity index is 1280. The number of aromatic nitrogens is 1. The zero-order valence-electron chi connectivity index (χ0n) is 18.9. The van der Waals surface area contributed by atoms with E-state index < -0.39 is 0 Å². The van der Waals surface area contributed by atoms with Crippen molar-refractivity contribution in [3.63, 3.8) is 0 Å². The Kier molecular flexibility index (Phi) is 5.15. The first-order valence-electron chi connectivity index (χ1n) is 11.9. The van der Waals surface area contributed by atoms with Crippen LogP contribution in [0.1, 0.15) is 54.0 Å². The van der Waals surface area contributed by atoms with Crippen LogP contribution in [0.3, 0.4) is 0 Å². The molecule has 2 aromatic carbocycles. The van der Waals surface area contributed by atoms with E-state index in [0.717, 1.165) is 31.2 Å². The Balaban J connectivity index is 1.21. The zero-order chi connectivity index (χ0) is 23.1. The Morgan fingerprint density at radius 2 is 1.76 bits per heavy atom. The molecule has 1 fully saturated rings. The van der Waals surface area contributed by atoms with Crippen LogP contribution in [0.15, 0.2) is 72.9 Å². The summed E-state index contributed by atoms with van der Waals surface area (Å²) in [6, 6.07) is 22.8. The summed E-state index contributed by atoms with van der Waals surface area (Å²) < 4.78 is 6.00. The van der Waals surface area contributed by atoms with Gasteiger partial charge in [-0.2, -0.15) is 5.26 Å². The number of carbonyl (C=O) groups excluding carboxylic acids is 1. The quantitative estimate of drug-likeness (QED) is 0.500. The van der Waals surface area contributed by atoms with Crippen molar-refractivity contribution in [2.75, 3.05) is 6.61 Å². The van der Waals surface area contributed by atoms with E-state index in [4.69, 9.17) is 10.00 Å². The van der Waals surface area contributed by atoms with Crippen LogP contribution in [0.5, 0.6) is 0 Å². The maximum absolute atomic E-state index is 13.3. The second-order valence-corrected chi connectivity index (χ2v) is 9.30. The number of pyridine rings is 1. The van der Waals surface area contributed by atoms with Crippen LogP contribution in [0.4, 0.5) is 4.79 Å². The number of rotatable bonds is 3. The highest BCUT2D eigenvalue weighted by Gasteiger charge is 2.39. The van der Waals surface area contributed by atoms with Crippen LogP contribution >= 0.6 is 0 Å². The minimum Gasteiger partial charge on any atom is -0.448 e. The first kappa shape index (κ1) is 20.7. The smallest absolute Gasteiger partial charge is 0.410 e. The first-order chi connectivity index (χ1) is 16.7. The van der Waals surface area contributed by atoms with Crippen molar-refractivity contribution in [3.05, 3.63) is 95.3 Å². The molecule has 2 aliphatic heterocycles. The van der Waals surface area contributed by atoms with E-state index in [9.17, 15) is 4.79 Å². The van der Waals surface area contributed by atoms with E-state index in [1.807, 2.05) is 11.0 Å². The topological polar surface area (TPSA) is 66.2 Å². The summed E-state index contributed by atoms with van der Waals surface area (Å²) in [5, 5.41) is 9.02. The van der Waals surface area contributed by atoms with Crippen LogP contribution in [-0.4, -0.2) is 34.7 Å². The third kappa shape index (κ3) is 3.47. The monoisotopic (exact) mass is 447 g/mol. The second kappa shape index (κ2) is 8.46. The van der Waals surface area contributed by atoms with Crippen molar-refractivity contribution in [2.45, 2.75) is 43.7 Å². The van der Waals surface area contributed by atoms with Gasteiger partial charge in [-0.25, -0.2) is 9.78 Å². The Hall–Kier alpha value is -3.91. The molecular formula is C29H25N3O2. The van der Waals surface area contributed by atoms with Crippen LogP contribution in [0.2, 0.25) is 0 Å². The number of fused-ring (bicyclic) bond motifs is 5. The summed E-state index contributed by atoms with van der Waals surface area (Å²) in [7, 11) is 0. The van der Waals surface area contributed by atoms with Crippen LogP contribution in [-0.2, 0) is 4.74 Å². The maximum atomic E-state index is 13.3. The summed E-state index contributed by atoms with van der Waals surface area (Å²) in [5.41, 5.74) is 7.57. The number of nitrogens with zero attached hydrogens (tertiary/aromatic N) is 3. The minimum atomic E-state index is -0.218. The number of hydrogen-bond acceptors (Lipinski definition) is 4. The minimum absolute atomic E-state index is 0.0359. The molecule has 2 atom stereocenters. The Morgan fingerprint density at radius 3 is 2.41 bits per heavy atom. The molecule has 1 amide bonds. The van der Waals surface area contributed by atoms with Crippen LogP contribution < -0.4 is 0 Å². The molecule has 168 valence electrons. The summed E-state index contributed by atoms with van der Waals surface area (Å²) in [4.78, 5) is 19.5. The highest BCUT2D eigenvalue weighted by atomic mass is 16.6. The average molecular weight is 448 g/mol. The van der Waals surface area contributed by atoms with Crippen molar-refractivity contribution in [1.82, 2.24) is 9.88 Å². The number of carbonyl (C=O) groups is 1. The molecular weight excluding hydrogens is 422 g/mol. The molecule has 1 saturated heterocycles. The van der Waals surface area contributed by atoms with Gasteiger partial charge in [0.2, 0.25) is 0 Å². The SMILES string of the molecule is N#Cc1ccc(C2=CC3CCCC(C2)N3C(=O)OCC2c3ccccc3-c3ccccc32)cn1. The third-order valence-corrected chi connectivity index (χ3v) is 7.43. The van der Waals surface area contributed by atoms with Crippen molar-refractivity contribution in [1.29, 1.82) is 5.26 Å². The number of amides is 1. The van der Waals surface area contributed by atoms with E-state index in [0.29, 0.717) is 12.3 Å². The lowest BCUT2D eigenvalue weighted by Gasteiger charge is -2.44. The van der Waals surface area contributed by atoms with Gasteiger partial charge in [-0.1, -0.05) is 60.7 Å². The van der Waals surface area contributed by atoms with Gasteiger partial charge in [-0.05, 0) is 65.1 Å². The molecule has 1 aliphatic carbocycles. The lowest BCUT2D eigenvalue weighted by molar-refractivity contribution is 0.0539. The van der Waals surface area contributed by atoms with E-state index in [1.165, 1.54) is 27.8 Å². The highest BCUT2D eigenvalue weighted by molar-refractivity contribution is 5.79. The van der Waals surface area contributed by atoms with Crippen molar-refractivity contribution >= 4 is 11.7 Å². The fourth-order valence-corrected chi connectivity index (χ4v) is 5.85. The molecule has 2 unspecified atom stereocenters. The van der Waals surface area contributed by atoms with E-state index >= 15 is 0 Å². The van der Waals surface area contributed by atoms with Crippen molar-refractivity contribution < 1.29 is 9.53 Å². The van der Waals surface area contributed by atoms with E-state index in [1.54, 1.807) is 12.3 Å². The van der Waals surface area contributed by atoms with Gasteiger partial charge in [0.25, 0.3) is 0 Å². The number of benzene rings is 2. The zero-order valence-corrected chi connectivity index (χ0v) is 18.9. The average Bonchev–Trinajstić information content (AvgIpc) is 3.20. The largest absolute Gasteiger partial charge is 0.448 e. The standard InChI is InChI=1S/C29H25N3O2/c30-16-21-13-12-19(17-31-21)20-14-22-6-5-7-23(15-20)32(22)29(33)34-18-28-26-10-3-1-8-24(26)25-9-2-4-11-27(25)28/h1-4,8-14,17,22-23,28H,5-7,15,18H2. The van der Waals surface area contributed by atoms with Gasteiger partial charge >= 0.3 is 6.09 Å². The molecule has 6 rings (SSSR count). The number of piperidine rings is 1. The molecule has 1 aromatic heterocycles. The summed E-state index contributed by atoms with van der Waals surface area (Å²) in [6.45, 7) is 0.346. The predicted octanol–water partition coefficient (Wildman–Crippen LogP) is 5.91. The molecule has 34 heavy (non-hydrogen) atoms. The van der Waals surface area contributed by atoms with Gasteiger partial charge in [0.15, 0.2) is 0 Å². The molecule has 5 nitrogen and oxygen atoms in total. The molecule has 0 radical (unpaired) electrons. The first-order valence-corrected chi connectivity index (χ1v) is 11.9. The summed E-state index contributed by atoms with van der Waals surface area (Å²) in [5.74, 6) is 0.0665. The van der Waals surface area contributed by atoms with Gasteiger partial charge in [0.1, 0.15) is 18.4 Å². The molecule has 5 heteroatoms. The Labute approximate surface area is 199 Å². The molecule has 3 heterocycles. The summed E-state index contributed by atoms with van der Waals surface area (Å²) >= 11 is 0. The molecule has 0 saturated carbocycles. The number of nitriles is 1. The fourth-order valence-electron chi connectivity index (χ4n) is 5.85. The second-order valence-electron chi connectivity index (χ2n) is 9.30. The van der Waals surface area contributed by atoms with Crippen molar-refractivity contribution in [2.24, 2.45) is 0 Å². The predicted molar refractivity (Wildman–Crippen MR) is 130 cm³/mol. The molecule has 2 bridgehead atoms. The normalized spacial score (nSPS) is 20.7. The third-order valence-electron chi connectivity index (χ3n) is 7.43. The highest BCUT2D eigenvalue weighted by Crippen LogP contribution is 2.45. The number of hydrogen-bond donors (Lipinski definition) is 0. The molecule has 3 aromatic rings. The van der Waals surface area contributed by atoms with Gasteiger partial charge in [-0.15, -0.1) is 0 Å². The van der Waals surface area contributed by atoms with Crippen LogP contribution in [0, 0.1) is 11.3 Å². The van der Waals surface area contributed by atoms with Gasteiger partial charge in [-0.3, -0.25) is 4.90 Å². The number of ether oxygens (including phenoxy) is 1. The molecule has 0 spiro atoms. The summed E-state index contributed by atoms with van der Waals surface area (Å²) in [6.07, 6.45) is 7.55. The Morgan fingerprint density at radius 1 is 1.03 bits per heavy atom. The van der Waals surface area contributed by atoms with E-state index in [2.05, 4.69) is 65.7 Å². The lowest BCUT2D eigenvalue weighted by Crippen LogP contribution is -2.51. The van der Waals surface area contributed by atoms with Gasteiger partial charge < -0.3 is 4.74 Å². The van der Waals surface area contributed by atoms with Crippen LogP contribution in [0.25, 0.3) is 16.7 Å². The maximum Gasteiger partial charge on any atom is 0.410 e.